The molecule has 1 aromatic rings. The lowest BCUT2D eigenvalue weighted by molar-refractivity contribution is 0.122. The lowest BCUT2D eigenvalue weighted by Gasteiger charge is -2.27. The molecule has 0 atom stereocenters. The lowest BCUT2D eigenvalue weighted by Crippen LogP contribution is -2.38. The molecule has 1 saturated heterocycles. The molecule has 2 N–H and O–H groups in total. The number of likely N-dealkylation sites (N-methyl/N-ethyl adjacent to an activating group) is 1. The molecule has 2 heterocycles. The fourth-order valence-corrected chi connectivity index (χ4v) is 1.79. The van der Waals surface area contributed by atoms with Gasteiger partial charge in [-0.25, -0.2) is 0 Å². The summed E-state index contributed by atoms with van der Waals surface area (Å²) < 4.78 is 5.32. The highest BCUT2D eigenvalue weighted by molar-refractivity contribution is 5.44. The SMILES string of the molecule is CNc1nc(N(C)CCO)nc(N2CCOCC2)n1. The van der Waals surface area contributed by atoms with Crippen LogP contribution in [0.15, 0.2) is 0 Å². The minimum absolute atomic E-state index is 0.0595. The van der Waals surface area contributed by atoms with Crippen LogP contribution in [0.5, 0.6) is 0 Å². The molecule has 0 bridgehead atoms. The van der Waals surface area contributed by atoms with Crippen LogP contribution in [0.25, 0.3) is 0 Å². The molecule has 8 nitrogen and oxygen atoms in total. The van der Waals surface area contributed by atoms with E-state index in [2.05, 4.69) is 25.2 Å². The molecular weight excluding hydrogens is 248 g/mol. The predicted molar refractivity (Wildman–Crippen MR) is 72.8 cm³/mol. The van der Waals surface area contributed by atoms with Crippen molar-refractivity contribution in [1.82, 2.24) is 15.0 Å². The maximum absolute atomic E-state index is 8.99. The number of anilines is 3. The normalized spacial score (nSPS) is 15.4. The van der Waals surface area contributed by atoms with Gasteiger partial charge in [-0.2, -0.15) is 15.0 Å². The average molecular weight is 268 g/mol. The predicted octanol–water partition coefficient (Wildman–Crippen LogP) is -0.822. The fraction of sp³-hybridized carbons (Fsp3) is 0.727. The Labute approximate surface area is 112 Å². The molecule has 106 valence electrons. The zero-order chi connectivity index (χ0) is 13.7. The van der Waals surface area contributed by atoms with Crippen LogP contribution in [0.3, 0.4) is 0 Å². The van der Waals surface area contributed by atoms with Crippen LogP contribution < -0.4 is 15.1 Å². The van der Waals surface area contributed by atoms with E-state index in [1.165, 1.54) is 0 Å². The van der Waals surface area contributed by atoms with E-state index in [0.717, 1.165) is 13.1 Å². The third-order valence-corrected chi connectivity index (χ3v) is 2.91. The van der Waals surface area contributed by atoms with Crippen LogP contribution in [0.1, 0.15) is 0 Å². The first-order valence-electron chi connectivity index (χ1n) is 6.33. The molecule has 0 radical (unpaired) electrons. The third-order valence-electron chi connectivity index (χ3n) is 2.91. The van der Waals surface area contributed by atoms with E-state index < -0.39 is 0 Å². The summed E-state index contributed by atoms with van der Waals surface area (Å²) >= 11 is 0. The largest absolute Gasteiger partial charge is 0.395 e. The molecule has 0 saturated carbocycles. The smallest absolute Gasteiger partial charge is 0.232 e. The molecule has 0 amide bonds. The van der Waals surface area contributed by atoms with Crippen LogP contribution in [-0.4, -0.2) is 73.6 Å². The second-order valence-corrected chi connectivity index (χ2v) is 4.25. The Kier molecular flexibility index (Phi) is 4.69. The van der Waals surface area contributed by atoms with Crippen molar-refractivity contribution in [2.24, 2.45) is 0 Å². The number of hydrogen-bond donors (Lipinski definition) is 2. The Balaban J connectivity index is 2.24. The molecule has 0 unspecified atom stereocenters. The van der Waals surface area contributed by atoms with Crippen molar-refractivity contribution in [2.75, 3.05) is 68.7 Å². The van der Waals surface area contributed by atoms with E-state index >= 15 is 0 Å². The Morgan fingerprint density at radius 2 is 2.05 bits per heavy atom. The molecule has 0 aliphatic carbocycles. The van der Waals surface area contributed by atoms with E-state index in [9.17, 15) is 0 Å². The maximum atomic E-state index is 8.99. The first kappa shape index (κ1) is 13.8. The minimum atomic E-state index is 0.0595. The van der Waals surface area contributed by atoms with Gasteiger partial charge in [0.2, 0.25) is 17.8 Å². The van der Waals surface area contributed by atoms with Crippen LogP contribution in [-0.2, 0) is 4.74 Å². The van der Waals surface area contributed by atoms with Crippen molar-refractivity contribution in [3.8, 4) is 0 Å². The number of aromatic nitrogens is 3. The van der Waals surface area contributed by atoms with E-state index in [0.29, 0.717) is 37.6 Å². The maximum Gasteiger partial charge on any atom is 0.232 e. The molecule has 19 heavy (non-hydrogen) atoms. The standard InChI is InChI=1S/C11H20N6O2/c1-12-9-13-10(16(2)3-6-18)15-11(14-9)17-4-7-19-8-5-17/h18H,3-8H2,1-2H3,(H,12,13,14,15). The van der Waals surface area contributed by atoms with Crippen molar-refractivity contribution in [3.63, 3.8) is 0 Å². The number of aliphatic hydroxyl groups is 1. The molecule has 1 aliphatic heterocycles. The minimum Gasteiger partial charge on any atom is -0.395 e. The van der Waals surface area contributed by atoms with Gasteiger partial charge in [0.1, 0.15) is 0 Å². The van der Waals surface area contributed by atoms with Gasteiger partial charge in [0.05, 0.1) is 19.8 Å². The number of ether oxygens (including phenoxy) is 1. The molecule has 2 rings (SSSR count). The summed E-state index contributed by atoms with van der Waals surface area (Å²) in [5, 5.41) is 11.9. The highest BCUT2D eigenvalue weighted by Crippen LogP contribution is 2.16. The van der Waals surface area contributed by atoms with Crippen molar-refractivity contribution in [1.29, 1.82) is 0 Å². The van der Waals surface area contributed by atoms with Gasteiger partial charge in [-0.1, -0.05) is 0 Å². The molecule has 1 fully saturated rings. The Hall–Kier alpha value is -1.67. The van der Waals surface area contributed by atoms with Gasteiger partial charge in [-0.15, -0.1) is 0 Å². The highest BCUT2D eigenvalue weighted by atomic mass is 16.5. The van der Waals surface area contributed by atoms with E-state index in [-0.39, 0.29) is 6.61 Å². The summed E-state index contributed by atoms with van der Waals surface area (Å²) in [7, 11) is 3.61. The quantitative estimate of drug-likeness (QED) is 0.716. The fourth-order valence-electron chi connectivity index (χ4n) is 1.79. The van der Waals surface area contributed by atoms with Crippen LogP contribution in [0.2, 0.25) is 0 Å². The van der Waals surface area contributed by atoms with Gasteiger partial charge in [0.25, 0.3) is 0 Å². The van der Waals surface area contributed by atoms with Gasteiger partial charge in [0, 0.05) is 33.7 Å². The van der Waals surface area contributed by atoms with Crippen molar-refractivity contribution >= 4 is 17.8 Å². The van der Waals surface area contributed by atoms with Gasteiger partial charge in [0.15, 0.2) is 0 Å². The second-order valence-electron chi connectivity index (χ2n) is 4.25. The Morgan fingerprint density at radius 3 is 2.68 bits per heavy atom. The third kappa shape index (κ3) is 3.42. The Bertz CT molecular complexity index is 410. The average Bonchev–Trinajstić information content (AvgIpc) is 2.48. The van der Waals surface area contributed by atoms with E-state index in [1.54, 1.807) is 11.9 Å². The molecule has 8 heteroatoms. The summed E-state index contributed by atoms with van der Waals surface area (Å²) in [5.74, 6) is 1.72. The summed E-state index contributed by atoms with van der Waals surface area (Å²) in [5.41, 5.74) is 0. The summed E-state index contributed by atoms with van der Waals surface area (Å²) in [6.07, 6.45) is 0. The van der Waals surface area contributed by atoms with Gasteiger partial charge < -0.3 is 25.0 Å². The summed E-state index contributed by atoms with van der Waals surface area (Å²) in [4.78, 5) is 17.0. The topological polar surface area (TPSA) is 86.6 Å². The van der Waals surface area contributed by atoms with E-state index in [1.807, 2.05) is 7.05 Å². The monoisotopic (exact) mass is 268 g/mol. The van der Waals surface area contributed by atoms with Crippen LogP contribution in [0, 0.1) is 0 Å². The molecule has 1 aromatic heterocycles. The number of nitrogens with zero attached hydrogens (tertiary/aromatic N) is 5. The van der Waals surface area contributed by atoms with Crippen LogP contribution >= 0.6 is 0 Å². The molecule has 0 aromatic carbocycles. The zero-order valence-electron chi connectivity index (χ0n) is 11.3. The lowest BCUT2D eigenvalue weighted by atomic mass is 10.4. The first-order chi connectivity index (χ1) is 9.24. The summed E-state index contributed by atoms with van der Waals surface area (Å²) in [6, 6.07) is 0. The van der Waals surface area contributed by atoms with Gasteiger partial charge >= 0.3 is 0 Å². The molecular formula is C11H20N6O2. The number of aliphatic hydroxyl groups excluding tert-OH is 1. The van der Waals surface area contributed by atoms with Gasteiger partial charge in [-0.05, 0) is 0 Å². The number of nitrogens with one attached hydrogen (secondary N) is 1. The van der Waals surface area contributed by atoms with Crippen LogP contribution in [0.4, 0.5) is 17.8 Å². The number of morpholine rings is 1. The Morgan fingerprint density at radius 1 is 1.32 bits per heavy atom. The van der Waals surface area contributed by atoms with Crippen molar-refractivity contribution in [2.45, 2.75) is 0 Å². The second kappa shape index (κ2) is 6.48. The molecule has 1 aliphatic rings. The molecule has 0 spiro atoms. The van der Waals surface area contributed by atoms with E-state index in [4.69, 9.17) is 9.84 Å². The highest BCUT2D eigenvalue weighted by Gasteiger charge is 2.17. The van der Waals surface area contributed by atoms with Gasteiger partial charge in [-0.3, -0.25) is 0 Å². The number of rotatable bonds is 5. The zero-order valence-corrected chi connectivity index (χ0v) is 11.3. The van der Waals surface area contributed by atoms with Crippen molar-refractivity contribution in [3.05, 3.63) is 0 Å². The number of hydrogen-bond acceptors (Lipinski definition) is 8. The van der Waals surface area contributed by atoms with Crippen molar-refractivity contribution < 1.29 is 9.84 Å². The summed E-state index contributed by atoms with van der Waals surface area (Å²) in [6.45, 7) is 3.46. The first-order valence-corrected chi connectivity index (χ1v) is 6.33.